The summed E-state index contributed by atoms with van der Waals surface area (Å²) in [7, 11) is -0.518. The summed E-state index contributed by atoms with van der Waals surface area (Å²) in [6, 6.07) is 37.8. The highest BCUT2D eigenvalue weighted by molar-refractivity contribution is 7.79. The van der Waals surface area contributed by atoms with Gasteiger partial charge in [0.1, 0.15) is 0 Å². The lowest BCUT2D eigenvalue weighted by atomic mass is 10.00. The molecule has 4 aromatic rings. The van der Waals surface area contributed by atoms with Crippen LogP contribution in [0.4, 0.5) is 0 Å². The van der Waals surface area contributed by atoms with Crippen molar-refractivity contribution in [2.75, 3.05) is 0 Å². The van der Waals surface area contributed by atoms with Crippen LogP contribution in [0.2, 0.25) is 0 Å². The highest BCUT2D eigenvalue weighted by Gasteiger charge is 2.52. The van der Waals surface area contributed by atoms with Crippen molar-refractivity contribution in [3.05, 3.63) is 114 Å². The van der Waals surface area contributed by atoms with Gasteiger partial charge in [-0.05, 0) is 69.4 Å². The van der Waals surface area contributed by atoms with Crippen LogP contribution in [0.3, 0.4) is 0 Å². The molecule has 12 bridgehead atoms. The van der Waals surface area contributed by atoms with E-state index in [0.29, 0.717) is 17.8 Å². The van der Waals surface area contributed by atoms with Crippen LogP contribution in [0.25, 0.3) is 11.1 Å². The molecule has 12 aliphatic heterocycles. The van der Waals surface area contributed by atoms with Crippen molar-refractivity contribution in [2.45, 2.75) is 17.8 Å². The normalized spacial score (nSPS) is 25.1. The third-order valence-corrected chi connectivity index (χ3v) is 9.29. The number of hydrogen-bond acceptors (Lipinski definition) is 0. The lowest BCUT2D eigenvalue weighted by Crippen LogP contribution is -2.20. The van der Waals surface area contributed by atoms with E-state index in [1.54, 1.807) is 0 Å². The number of rotatable bonds is 0. The molecule has 28 heavy (non-hydrogen) atoms. The first kappa shape index (κ1) is 15.3. The van der Waals surface area contributed by atoms with Crippen LogP contribution < -0.4 is 15.9 Å². The summed E-state index contributed by atoms with van der Waals surface area (Å²) in [5, 5.41) is 4.32. The predicted molar refractivity (Wildman–Crippen MR) is 119 cm³/mol. The van der Waals surface area contributed by atoms with Gasteiger partial charge in [0, 0.05) is 0 Å². The summed E-state index contributed by atoms with van der Waals surface area (Å²) >= 11 is 0. The first-order valence-electron chi connectivity index (χ1n) is 10.1. The Hall–Kier alpha value is -2.69. The van der Waals surface area contributed by atoms with Crippen molar-refractivity contribution >= 4 is 23.8 Å². The minimum Gasteiger partial charge on any atom is -0.0581 e. The molecule has 4 atom stereocenters. The monoisotopic (exact) mass is 374 g/mol. The van der Waals surface area contributed by atoms with Gasteiger partial charge in [0.25, 0.3) is 0 Å². The Labute approximate surface area is 166 Å². The molecule has 1 unspecified atom stereocenters. The molecular weight excluding hydrogens is 355 g/mol. The highest BCUT2D eigenvalue weighted by Crippen LogP contribution is 2.66. The second-order valence-electron chi connectivity index (χ2n) is 8.26. The molecule has 0 amide bonds. The Morgan fingerprint density at radius 1 is 0.357 bits per heavy atom. The fourth-order valence-corrected chi connectivity index (χ4v) is 7.63. The summed E-state index contributed by atoms with van der Waals surface area (Å²) in [6.45, 7) is 0. The van der Waals surface area contributed by atoms with E-state index in [2.05, 4.69) is 97.1 Å². The zero-order valence-electron chi connectivity index (χ0n) is 15.4. The molecule has 4 aromatic carbocycles. The largest absolute Gasteiger partial charge is 0.0581 e. The third-order valence-electron chi connectivity index (χ3n) is 6.85. The van der Waals surface area contributed by atoms with Crippen molar-refractivity contribution in [3.63, 3.8) is 0 Å². The average molecular weight is 374 g/mol. The lowest BCUT2D eigenvalue weighted by Gasteiger charge is -2.20. The van der Waals surface area contributed by atoms with Gasteiger partial charge in [-0.1, -0.05) is 97.1 Å². The summed E-state index contributed by atoms with van der Waals surface area (Å²) in [5.74, 6) is 1.76. The molecule has 0 spiro atoms. The van der Waals surface area contributed by atoms with Gasteiger partial charge < -0.3 is 0 Å². The average Bonchev–Trinajstić information content (AvgIpc) is 3.51. The maximum atomic E-state index is 2.40. The maximum absolute atomic E-state index is 2.40. The summed E-state index contributed by atoms with van der Waals surface area (Å²) < 4.78 is 0. The third kappa shape index (κ3) is 2.05. The Morgan fingerprint density at radius 2 is 0.643 bits per heavy atom. The second kappa shape index (κ2) is 5.43. The van der Waals surface area contributed by atoms with E-state index in [0.717, 1.165) is 0 Å². The fraction of sp³-hybridized carbons (Fsp3) is 0.111. The molecular formula is C27H19P. The highest BCUT2D eigenvalue weighted by atomic mass is 31.1. The molecule has 1 aliphatic carbocycles. The molecule has 0 aromatic heterocycles. The molecule has 0 radical (unpaired) electrons. The molecule has 1 heteroatoms. The number of benzene rings is 4. The van der Waals surface area contributed by atoms with Gasteiger partial charge in [0.05, 0.1) is 0 Å². The lowest BCUT2D eigenvalue weighted by molar-refractivity contribution is 1.03. The van der Waals surface area contributed by atoms with E-state index >= 15 is 0 Å². The van der Waals surface area contributed by atoms with Crippen LogP contribution in [0.5, 0.6) is 0 Å². The van der Waals surface area contributed by atoms with Crippen LogP contribution >= 0.6 is 7.92 Å². The van der Waals surface area contributed by atoms with E-state index in [4.69, 9.17) is 0 Å². The number of hydrogen-bond donors (Lipinski definition) is 0. The Morgan fingerprint density at radius 3 is 1.04 bits per heavy atom. The van der Waals surface area contributed by atoms with E-state index in [1.165, 1.54) is 43.7 Å². The molecule has 0 N–H and O–H groups in total. The smallest absolute Gasteiger partial charge is 0.00120 e. The minimum atomic E-state index is -0.518. The van der Waals surface area contributed by atoms with E-state index in [9.17, 15) is 0 Å². The van der Waals surface area contributed by atoms with Crippen molar-refractivity contribution in [2.24, 2.45) is 0 Å². The zero-order valence-corrected chi connectivity index (χ0v) is 16.3. The Balaban J connectivity index is 1.60. The van der Waals surface area contributed by atoms with Crippen LogP contribution in [0.15, 0.2) is 97.1 Å². The van der Waals surface area contributed by atoms with E-state index < -0.39 is 7.92 Å². The van der Waals surface area contributed by atoms with E-state index in [1.807, 2.05) is 0 Å². The van der Waals surface area contributed by atoms with Gasteiger partial charge in [-0.3, -0.25) is 0 Å². The minimum absolute atomic E-state index is 0.518. The second-order valence-corrected chi connectivity index (χ2v) is 10.5. The van der Waals surface area contributed by atoms with Crippen LogP contribution in [-0.2, 0) is 0 Å². The Bertz CT molecular complexity index is 1130. The standard InChI is InChI=1S/C27H19P/c1-3-19-4-2-17(1)18-5-11-22(12-6-18)28-23-13-7-20(8-14-23)26-25(19)27(26)21-9-15-24(28)16-10-21/h1-16,25-27H/t25-,26+,27-,28?. The van der Waals surface area contributed by atoms with E-state index in [-0.39, 0.29) is 0 Å². The van der Waals surface area contributed by atoms with Gasteiger partial charge in [-0.25, -0.2) is 0 Å². The molecule has 0 saturated heterocycles. The quantitative estimate of drug-likeness (QED) is 0.361. The van der Waals surface area contributed by atoms with Gasteiger partial charge in [-0.15, -0.1) is 0 Å². The van der Waals surface area contributed by atoms with Crippen molar-refractivity contribution < 1.29 is 0 Å². The summed E-state index contributed by atoms with van der Waals surface area (Å²) in [4.78, 5) is 0. The van der Waals surface area contributed by atoms with Crippen LogP contribution in [0.1, 0.15) is 34.4 Å². The molecule has 0 nitrogen and oxygen atoms in total. The van der Waals surface area contributed by atoms with Gasteiger partial charge >= 0.3 is 0 Å². The van der Waals surface area contributed by atoms with Crippen LogP contribution in [0, 0.1) is 0 Å². The first-order chi connectivity index (χ1) is 13.9. The van der Waals surface area contributed by atoms with Crippen molar-refractivity contribution in [3.8, 4) is 11.1 Å². The predicted octanol–water partition coefficient (Wildman–Crippen LogP) is 5.40. The van der Waals surface area contributed by atoms with Crippen LogP contribution in [-0.4, -0.2) is 0 Å². The molecule has 132 valence electrons. The van der Waals surface area contributed by atoms with Crippen molar-refractivity contribution in [1.82, 2.24) is 0 Å². The fourth-order valence-electron chi connectivity index (χ4n) is 5.39. The Kier molecular flexibility index (Phi) is 2.96. The van der Waals surface area contributed by atoms with Gasteiger partial charge in [0.15, 0.2) is 0 Å². The molecule has 13 aliphatic rings. The molecule has 12 heterocycles. The van der Waals surface area contributed by atoms with Gasteiger partial charge in [0.2, 0.25) is 0 Å². The molecule has 17 rings (SSSR count). The SMILES string of the molecule is c1cc2ccc1-c1ccc(cc1)P1c3ccc(cc3)[C@@H]3[C@H]2[C@@H]3c2ccc1cc2. The molecule has 1 saturated carbocycles. The maximum Gasteiger partial charge on any atom is -0.00120 e. The summed E-state index contributed by atoms with van der Waals surface area (Å²) in [5.41, 5.74) is 7.08. The topological polar surface area (TPSA) is 0 Å². The van der Waals surface area contributed by atoms with Crippen molar-refractivity contribution in [1.29, 1.82) is 0 Å². The van der Waals surface area contributed by atoms with Gasteiger partial charge in [-0.2, -0.15) is 0 Å². The summed E-state index contributed by atoms with van der Waals surface area (Å²) in [6.07, 6.45) is 0. The zero-order chi connectivity index (χ0) is 18.2. The first-order valence-corrected chi connectivity index (χ1v) is 11.4. The molecule has 1 fully saturated rings.